The minimum atomic E-state index is -1.98. The van der Waals surface area contributed by atoms with Gasteiger partial charge in [0, 0.05) is 6.42 Å². The molecule has 3 aliphatic heterocycles. The molecular weight excluding hydrogens is 951 g/mol. The Morgan fingerprint density at radius 3 is 1.42 bits per heavy atom. The standard InChI is InChI=1S/C54H97NO18/c1-3-5-7-9-11-13-15-16-17-18-19-20-21-22-23-25-27-29-31-38(59)37(55-42(60)32-30-28-26-24-14-12-10-8-6-4-2)36-68-52-48(66)45(63)50(40(34-57)70-52)73-54-49(67)46(64)51(41(35-58)71-54)72-53-47(65)44(62)43(61)39(33-56)69-53/h8,10,22-23,29,31,37-41,43-54,56-59,61-67H,3-7,9,11-21,24-28,30,32-36H2,1-2H3,(H,55,60)/b10-8-,23-22+,31-29+. The number of aliphatic hydroxyl groups excluding tert-OH is 11. The van der Waals surface area contributed by atoms with Crippen molar-refractivity contribution in [3.63, 3.8) is 0 Å². The lowest BCUT2D eigenvalue weighted by Crippen LogP contribution is -2.66. The lowest BCUT2D eigenvalue weighted by Gasteiger charge is -2.48. The fourth-order valence-electron chi connectivity index (χ4n) is 9.27. The number of amides is 1. The van der Waals surface area contributed by atoms with Crippen molar-refractivity contribution in [3.8, 4) is 0 Å². The zero-order valence-corrected chi connectivity index (χ0v) is 43.9. The molecule has 19 heteroatoms. The molecule has 0 aliphatic carbocycles. The second-order valence-corrected chi connectivity index (χ2v) is 20.0. The van der Waals surface area contributed by atoms with E-state index < -0.39 is 124 Å². The van der Waals surface area contributed by atoms with Crippen LogP contribution in [0.3, 0.4) is 0 Å². The first kappa shape index (κ1) is 65.3. The zero-order chi connectivity index (χ0) is 53.4. The molecule has 3 saturated heterocycles. The molecule has 0 aromatic rings. The molecule has 3 rings (SSSR count). The molecule has 0 saturated carbocycles. The van der Waals surface area contributed by atoms with Crippen LogP contribution in [0.4, 0.5) is 0 Å². The highest BCUT2D eigenvalue weighted by atomic mass is 16.8. The number of aliphatic hydroxyl groups is 11. The molecule has 426 valence electrons. The number of rotatable bonds is 39. The van der Waals surface area contributed by atoms with Gasteiger partial charge in [0.1, 0.15) is 73.2 Å². The van der Waals surface area contributed by atoms with E-state index in [9.17, 15) is 61.0 Å². The monoisotopic (exact) mass is 1050 g/mol. The van der Waals surface area contributed by atoms with Crippen LogP contribution in [-0.2, 0) is 33.2 Å². The highest BCUT2D eigenvalue weighted by molar-refractivity contribution is 5.76. The van der Waals surface area contributed by atoms with E-state index in [-0.39, 0.29) is 18.9 Å². The maximum Gasteiger partial charge on any atom is 0.220 e. The van der Waals surface area contributed by atoms with Crippen LogP contribution in [-0.4, -0.2) is 193 Å². The van der Waals surface area contributed by atoms with E-state index in [0.29, 0.717) is 12.8 Å². The molecule has 0 bridgehead atoms. The van der Waals surface area contributed by atoms with Crippen LogP contribution in [0.2, 0.25) is 0 Å². The number of nitrogens with one attached hydrogen (secondary N) is 1. The molecule has 0 aromatic carbocycles. The van der Waals surface area contributed by atoms with E-state index in [1.165, 1.54) is 70.6 Å². The average molecular weight is 1050 g/mol. The van der Waals surface area contributed by atoms with Crippen molar-refractivity contribution in [2.45, 2.75) is 272 Å². The third-order valence-corrected chi connectivity index (χ3v) is 13.9. The quantitative estimate of drug-likeness (QED) is 0.0310. The zero-order valence-electron chi connectivity index (χ0n) is 43.9. The third kappa shape index (κ3) is 23.7. The van der Waals surface area contributed by atoms with Crippen LogP contribution in [0.15, 0.2) is 36.5 Å². The molecule has 19 nitrogen and oxygen atoms in total. The molecule has 3 aliphatic rings. The third-order valence-electron chi connectivity index (χ3n) is 13.9. The molecule has 17 unspecified atom stereocenters. The van der Waals surface area contributed by atoms with Crippen molar-refractivity contribution in [2.75, 3.05) is 26.4 Å². The van der Waals surface area contributed by atoms with Gasteiger partial charge in [-0.2, -0.15) is 0 Å². The summed E-state index contributed by atoms with van der Waals surface area (Å²) in [5, 5.41) is 120. The van der Waals surface area contributed by atoms with Gasteiger partial charge < -0.3 is 89.9 Å². The van der Waals surface area contributed by atoms with E-state index >= 15 is 0 Å². The van der Waals surface area contributed by atoms with E-state index in [1.54, 1.807) is 6.08 Å². The van der Waals surface area contributed by atoms with Crippen molar-refractivity contribution in [2.24, 2.45) is 0 Å². The molecule has 3 fully saturated rings. The van der Waals surface area contributed by atoms with E-state index in [4.69, 9.17) is 28.4 Å². The van der Waals surface area contributed by atoms with Crippen molar-refractivity contribution < 1.29 is 89.4 Å². The normalized spacial score (nSPS) is 32.0. The second-order valence-electron chi connectivity index (χ2n) is 20.0. The summed E-state index contributed by atoms with van der Waals surface area (Å²) < 4.78 is 34.1. The van der Waals surface area contributed by atoms with Gasteiger partial charge in [-0.1, -0.05) is 147 Å². The van der Waals surface area contributed by atoms with Crippen LogP contribution >= 0.6 is 0 Å². The lowest BCUT2D eigenvalue weighted by atomic mass is 9.96. The Labute approximate surface area is 434 Å². The van der Waals surface area contributed by atoms with E-state index in [0.717, 1.165) is 64.2 Å². The van der Waals surface area contributed by atoms with Gasteiger partial charge in [0.2, 0.25) is 5.91 Å². The second kappa shape index (κ2) is 38.5. The highest BCUT2D eigenvalue weighted by Crippen LogP contribution is 2.33. The summed E-state index contributed by atoms with van der Waals surface area (Å²) in [4.78, 5) is 13.2. The summed E-state index contributed by atoms with van der Waals surface area (Å²) in [6.07, 6.45) is 11.5. The molecule has 17 atom stereocenters. The maximum absolute atomic E-state index is 13.2. The Balaban J connectivity index is 1.54. The van der Waals surface area contributed by atoms with Crippen LogP contribution in [0.25, 0.3) is 0 Å². The smallest absolute Gasteiger partial charge is 0.220 e. The first-order chi connectivity index (χ1) is 35.3. The predicted octanol–water partition coefficient (Wildman–Crippen LogP) is 3.37. The van der Waals surface area contributed by atoms with Crippen LogP contribution in [0, 0.1) is 0 Å². The first-order valence-electron chi connectivity index (χ1n) is 27.7. The number of allylic oxidation sites excluding steroid dienone is 5. The largest absolute Gasteiger partial charge is 0.394 e. The van der Waals surface area contributed by atoms with Gasteiger partial charge in [-0.15, -0.1) is 0 Å². The number of hydrogen-bond donors (Lipinski definition) is 12. The Bertz CT molecular complexity index is 1490. The van der Waals surface area contributed by atoms with Crippen molar-refractivity contribution in [1.29, 1.82) is 0 Å². The average Bonchev–Trinajstić information content (AvgIpc) is 3.39. The van der Waals surface area contributed by atoms with Crippen molar-refractivity contribution >= 4 is 5.91 Å². The molecule has 3 heterocycles. The fourth-order valence-corrected chi connectivity index (χ4v) is 9.27. The van der Waals surface area contributed by atoms with Gasteiger partial charge in [0.25, 0.3) is 0 Å². The van der Waals surface area contributed by atoms with Crippen molar-refractivity contribution in [3.05, 3.63) is 36.5 Å². The molecule has 12 N–H and O–H groups in total. The van der Waals surface area contributed by atoms with Gasteiger partial charge in [0.05, 0.1) is 38.6 Å². The molecular formula is C54H97NO18. The number of hydrogen-bond acceptors (Lipinski definition) is 18. The molecule has 1 amide bonds. The number of ether oxygens (including phenoxy) is 6. The Kier molecular flexibility index (Phi) is 34.5. The summed E-state index contributed by atoms with van der Waals surface area (Å²) in [5.41, 5.74) is 0. The van der Waals surface area contributed by atoms with Gasteiger partial charge in [0.15, 0.2) is 18.9 Å². The van der Waals surface area contributed by atoms with E-state index in [2.05, 4.69) is 43.5 Å². The summed E-state index contributed by atoms with van der Waals surface area (Å²) >= 11 is 0. The van der Waals surface area contributed by atoms with Crippen LogP contribution in [0.5, 0.6) is 0 Å². The van der Waals surface area contributed by atoms with Crippen molar-refractivity contribution in [1.82, 2.24) is 5.32 Å². The Morgan fingerprint density at radius 2 is 0.904 bits per heavy atom. The molecule has 0 radical (unpaired) electrons. The summed E-state index contributed by atoms with van der Waals surface area (Å²) in [6.45, 7) is 1.60. The summed E-state index contributed by atoms with van der Waals surface area (Å²) in [5.74, 6) is -0.300. The lowest BCUT2D eigenvalue weighted by molar-refractivity contribution is -0.379. The van der Waals surface area contributed by atoms with Gasteiger partial charge >= 0.3 is 0 Å². The van der Waals surface area contributed by atoms with Gasteiger partial charge in [-0.3, -0.25) is 4.79 Å². The SMILES string of the molecule is CCC/C=C\CCCCCCCC(=O)NC(COC1OC(CO)C(OC2OC(CO)C(OC3OC(CO)C(O)C(O)C3O)C(O)C2O)C(O)C1O)C(O)/C=C/CC/C=C/CCCCCCCCCCCCCC. The van der Waals surface area contributed by atoms with Crippen LogP contribution < -0.4 is 5.32 Å². The number of unbranched alkanes of at least 4 members (excludes halogenated alkanes) is 19. The molecule has 73 heavy (non-hydrogen) atoms. The molecule has 0 aromatic heterocycles. The maximum atomic E-state index is 13.2. The summed E-state index contributed by atoms with van der Waals surface area (Å²) in [6, 6.07) is -0.990. The van der Waals surface area contributed by atoms with Crippen LogP contribution in [0.1, 0.15) is 168 Å². The minimum Gasteiger partial charge on any atom is -0.394 e. The molecule has 0 spiro atoms. The van der Waals surface area contributed by atoms with Gasteiger partial charge in [-0.05, 0) is 51.4 Å². The first-order valence-corrected chi connectivity index (χ1v) is 27.7. The number of carbonyl (C=O) groups excluding carboxylic acids is 1. The summed E-state index contributed by atoms with van der Waals surface area (Å²) in [7, 11) is 0. The highest BCUT2D eigenvalue weighted by Gasteiger charge is 2.53. The Morgan fingerprint density at radius 1 is 0.479 bits per heavy atom. The fraction of sp³-hybridized carbons (Fsp3) is 0.870. The van der Waals surface area contributed by atoms with E-state index in [1.807, 2.05) is 6.08 Å². The predicted molar refractivity (Wildman–Crippen MR) is 272 cm³/mol. The Hall–Kier alpha value is -1.99. The van der Waals surface area contributed by atoms with Gasteiger partial charge in [-0.25, -0.2) is 0 Å². The topological polar surface area (TPSA) is 307 Å². The minimum absolute atomic E-state index is 0.224. The number of carbonyl (C=O) groups is 1.